The van der Waals surface area contributed by atoms with Crippen molar-refractivity contribution < 1.29 is 19.3 Å². The lowest BCUT2D eigenvalue weighted by Crippen LogP contribution is -2.52. The Morgan fingerprint density at radius 1 is 1.05 bits per heavy atom. The van der Waals surface area contributed by atoms with E-state index >= 15 is 0 Å². The number of tetrazole rings is 1. The van der Waals surface area contributed by atoms with Gasteiger partial charge in [-0.2, -0.15) is 4.68 Å². The van der Waals surface area contributed by atoms with E-state index in [1.54, 1.807) is 36.4 Å². The van der Waals surface area contributed by atoms with Crippen LogP contribution >= 0.6 is 11.6 Å². The summed E-state index contributed by atoms with van der Waals surface area (Å²) in [5, 5.41) is 20.6. The molecule has 2 aliphatic heterocycles. The van der Waals surface area contributed by atoms with Gasteiger partial charge in [0, 0.05) is 22.8 Å². The van der Waals surface area contributed by atoms with Crippen LogP contribution in [-0.2, 0) is 27.4 Å². The van der Waals surface area contributed by atoms with Crippen molar-refractivity contribution in [3.63, 3.8) is 0 Å². The van der Waals surface area contributed by atoms with Gasteiger partial charge in [0.05, 0.1) is 11.4 Å². The molecule has 6 rings (SSSR count). The van der Waals surface area contributed by atoms with E-state index in [-0.39, 0.29) is 25.3 Å². The Morgan fingerprint density at radius 3 is 2.69 bits per heavy atom. The highest BCUT2D eigenvalue weighted by molar-refractivity contribution is 6.31. The third-order valence-corrected chi connectivity index (χ3v) is 6.70. The Hall–Kier alpha value is -4.36. The predicted octanol–water partition coefficient (Wildman–Crippen LogP) is 2.71. The zero-order chi connectivity index (χ0) is 26.8. The predicted molar refractivity (Wildman–Crippen MR) is 141 cm³/mol. The Balaban J connectivity index is 1.20. The van der Waals surface area contributed by atoms with E-state index in [0.29, 0.717) is 40.6 Å². The number of amides is 2. The van der Waals surface area contributed by atoms with Crippen LogP contribution in [0.15, 0.2) is 73.1 Å². The number of nitrogens with one attached hydrogen (secondary N) is 2. The summed E-state index contributed by atoms with van der Waals surface area (Å²) in [6.45, 7) is 0.385. The summed E-state index contributed by atoms with van der Waals surface area (Å²) < 4.78 is 1.49. The zero-order valence-corrected chi connectivity index (χ0v) is 21.3. The highest BCUT2D eigenvalue weighted by Crippen LogP contribution is 2.30. The summed E-state index contributed by atoms with van der Waals surface area (Å²) in [5.74, 6) is -0.388. The van der Waals surface area contributed by atoms with E-state index < -0.39 is 6.04 Å². The maximum atomic E-state index is 13.6. The number of carbonyl (C=O) groups is 2. The number of hydrogen-bond acceptors (Lipinski definition) is 9. The number of benzene rings is 3. The monoisotopic (exact) mass is 546 g/mol. The molecule has 2 amide bonds. The molecular formula is C26H23ClN8O4. The van der Waals surface area contributed by atoms with Gasteiger partial charge in [0.15, 0.2) is 13.5 Å². The van der Waals surface area contributed by atoms with Crippen molar-refractivity contribution in [3.05, 3.63) is 94.8 Å². The molecule has 2 aliphatic rings. The largest absolute Gasteiger partial charge is 0.348 e. The Morgan fingerprint density at radius 2 is 1.92 bits per heavy atom. The standard InChI is InChI=1S/C26H23ClN8O4/c27-19-6-9-22(33-14-29-31-32-33)23(12-19)34-15-39-35(16-38-34)24(10-17-4-2-1-3-5-17)26(37)30-20-7-8-21-18(11-20)13-28-25(21)36/h1-9,11-12,14,24H,10,13,15-16H2,(H,28,36)(H,30,37). The highest BCUT2D eigenvalue weighted by Gasteiger charge is 2.33. The zero-order valence-electron chi connectivity index (χ0n) is 20.5. The minimum absolute atomic E-state index is 0.0132. The normalized spacial score (nSPS) is 16.0. The summed E-state index contributed by atoms with van der Waals surface area (Å²) in [4.78, 5) is 37.5. The number of nitrogens with zero attached hydrogens (tertiary/aromatic N) is 6. The first kappa shape index (κ1) is 24.9. The van der Waals surface area contributed by atoms with Crippen LogP contribution in [0.25, 0.3) is 5.69 Å². The Bertz CT molecular complexity index is 1490. The molecule has 0 bridgehead atoms. The second-order valence-corrected chi connectivity index (χ2v) is 9.39. The van der Waals surface area contributed by atoms with Gasteiger partial charge in [-0.25, -0.2) is 5.06 Å². The number of aromatic nitrogens is 4. The topological polar surface area (TPSA) is 127 Å². The second-order valence-electron chi connectivity index (χ2n) is 8.95. The third kappa shape index (κ3) is 5.31. The average Bonchev–Trinajstić information content (AvgIpc) is 3.63. The fraction of sp³-hybridized carbons (Fsp3) is 0.192. The number of rotatable bonds is 7. The lowest BCUT2D eigenvalue weighted by Gasteiger charge is -2.38. The van der Waals surface area contributed by atoms with Crippen LogP contribution in [0.5, 0.6) is 0 Å². The van der Waals surface area contributed by atoms with Crippen LogP contribution in [0.4, 0.5) is 11.4 Å². The minimum Gasteiger partial charge on any atom is -0.348 e. The minimum atomic E-state index is -0.707. The molecule has 12 nitrogen and oxygen atoms in total. The van der Waals surface area contributed by atoms with Crippen molar-refractivity contribution in [2.24, 2.45) is 0 Å². The molecule has 1 aromatic heterocycles. The maximum Gasteiger partial charge on any atom is 0.251 e. The summed E-state index contributed by atoms with van der Waals surface area (Å²) in [6.07, 6.45) is 1.85. The van der Waals surface area contributed by atoms with Gasteiger partial charge in [-0.05, 0) is 64.4 Å². The average molecular weight is 547 g/mol. The number of halogens is 1. The fourth-order valence-corrected chi connectivity index (χ4v) is 4.67. The van der Waals surface area contributed by atoms with Crippen molar-refractivity contribution in [3.8, 4) is 5.69 Å². The van der Waals surface area contributed by atoms with E-state index in [1.165, 1.54) is 21.1 Å². The fourth-order valence-electron chi connectivity index (χ4n) is 4.51. The van der Waals surface area contributed by atoms with Gasteiger partial charge in [0.2, 0.25) is 5.91 Å². The Labute approximate surface area is 228 Å². The molecule has 39 heavy (non-hydrogen) atoms. The van der Waals surface area contributed by atoms with E-state index in [0.717, 1.165) is 11.1 Å². The highest BCUT2D eigenvalue weighted by atomic mass is 35.5. The van der Waals surface area contributed by atoms with Gasteiger partial charge < -0.3 is 10.6 Å². The van der Waals surface area contributed by atoms with Gasteiger partial charge in [-0.1, -0.05) is 41.9 Å². The number of hydrogen-bond donors (Lipinski definition) is 2. The van der Waals surface area contributed by atoms with Crippen molar-refractivity contribution in [2.45, 2.75) is 19.0 Å². The molecule has 0 aliphatic carbocycles. The van der Waals surface area contributed by atoms with Gasteiger partial charge >= 0.3 is 0 Å². The van der Waals surface area contributed by atoms with Crippen molar-refractivity contribution in [1.29, 1.82) is 0 Å². The summed E-state index contributed by atoms with van der Waals surface area (Å²) in [7, 11) is 0. The summed E-state index contributed by atoms with van der Waals surface area (Å²) in [5.41, 5.74) is 4.25. The van der Waals surface area contributed by atoms with Crippen molar-refractivity contribution in [1.82, 2.24) is 30.6 Å². The molecule has 1 unspecified atom stereocenters. The second kappa shape index (κ2) is 10.8. The van der Waals surface area contributed by atoms with Gasteiger partial charge in [0.1, 0.15) is 12.4 Å². The van der Waals surface area contributed by atoms with E-state index in [1.807, 2.05) is 30.3 Å². The van der Waals surface area contributed by atoms with E-state index in [4.69, 9.17) is 21.3 Å². The molecular weight excluding hydrogens is 524 g/mol. The van der Waals surface area contributed by atoms with Crippen LogP contribution in [0.2, 0.25) is 5.02 Å². The number of anilines is 2. The van der Waals surface area contributed by atoms with Crippen LogP contribution in [0.3, 0.4) is 0 Å². The summed E-state index contributed by atoms with van der Waals surface area (Å²) in [6, 6.07) is 19.4. The number of fused-ring (bicyclic) bond motifs is 1. The number of hydroxylamine groups is 3. The van der Waals surface area contributed by atoms with Crippen molar-refractivity contribution in [2.75, 3.05) is 23.8 Å². The molecule has 1 saturated heterocycles. The first-order chi connectivity index (χ1) is 19.0. The lowest BCUT2D eigenvalue weighted by molar-refractivity contribution is -0.279. The molecule has 2 N–H and O–H groups in total. The molecule has 3 heterocycles. The third-order valence-electron chi connectivity index (χ3n) is 6.46. The van der Waals surface area contributed by atoms with Crippen LogP contribution in [-0.4, -0.2) is 56.6 Å². The van der Waals surface area contributed by atoms with E-state index in [2.05, 4.69) is 26.2 Å². The first-order valence-electron chi connectivity index (χ1n) is 12.1. The molecule has 0 spiro atoms. The SMILES string of the molecule is O=C1NCc2cc(NC(=O)C(Cc3ccccc3)N3CON(c4cc(Cl)ccc4-n4cnnn4)CO3)ccc21. The van der Waals surface area contributed by atoms with Crippen molar-refractivity contribution >= 4 is 34.8 Å². The molecule has 1 fully saturated rings. The smallest absolute Gasteiger partial charge is 0.251 e. The molecule has 13 heteroatoms. The Kier molecular flexibility index (Phi) is 6.90. The molecule has 198 valence electrons. The van der Waals surface area contributed by atoms with Crippen LogP contribution in [0.1, 0.15) is 21.5 Å². The summed E-state index contributed by atoms with van der Waals surface area (Å²) >= 11 is 6.26. The molecule has 0 radical (unpaired) electrons. The molecule has 3 aromatic carbocycles. The molecule has 0 saturated carbocycles. The number of carbonyl (C=O) groups excluding carboxylic acids is 2. The van der Waals surface area contributed by atoms with Gasteiger partial charge in [0.25, 0.3) is 5.91 Å². The molecule has 4 aromatic rings. The van der Waals surface area contributed by atoms with E-state index in [9.17, 15) is 9.59 Å². The quantitative estimate of drug-likeness (QED) is 0.359. The van der Waals surface area contributed by atoms with Crippen LogP contribution in [0, 0.1) is 0 Å². The maximum absolute atomic E-state index is 13.6. The first-order valence-corrected chi connectivity index (χ1v) is 12.5. The molecule has 1 atom stereocenters. The van der Waals surface area contributed by atoms with Gasteiger partial charge in [-0.3, -0.25) is 19.3 Å². The van der Waals surface area contributed by atoms with Crippen LogP contribution < -0.4 is 15.7 Å². The van der Waals surface area contributed by atoms with Gasteiger partial charge in [-0.15, -0.1) is 10.2 Å². The lowest BCUT2D eigenvalue weighted by atomic mass is 10.0.